The molecule has 3 nitrogen and oxygen atoms in total. The second-order valence-electron chi connectivity index (χ2n) is 3.31. The lowest BCUT2D eigenvalue weighted by Crippen LogP contribution is -2.32. The predicted octanol–water partition coefficient (Wildman–Crippen LogP) is 1.87. The maximum Gasteiger partial charge on any atom is 0.342 e. The Balaban J connectivity index is 2.96. The number of rotatable bonds is 4. The average molecular weight is 247 g/mol. The van der Waals surface area contributed by atoms with Crippen molar-refractivity contribution in [1.29, 1.82) is 0 Å². The quantitative estimate of drug-likeness (QED) is 0.826. The van der Waals surface area contributed by atoms with Gasteiger partial charge in [0.25, 0.3) is 0 Å². The van der Waals surface area contributed by atoms with Gasteiger partial charge in [-0.15, -0.1) is 0 Å². The Labute approximate surface area is 96.4 Å². The maximum atomic E-state index is 13.5. The van der Waals surface area contributed by atoms with E-state index in [1.807, 2.05) is 0 Å². The molecule has 0 radical (unpaired) electrons. The first kappa shape index (κ1) is 13.5. The van der Waals surface area contributed by atoms with E-state index in [-0.39, 0.29) is 6.61 Å². The Hall–Kier alpha value is -1.56. The van der Waals surface area contributed by atoms with Crippen LogP contribution in [0.3, 0.4) is 0 Å². The van der Waals surface area contributed by atoms with Crippen LogP contribution in [0.5, 0.6) is 0 Å². The van der Waals surface area contributed by atoms with Gasteiger partial charge in [-0.3, -0.25) is 0 Å². The van der Waals surface area contributed by atoms with Gasteiger partial charge >= 0.3 is 5.97 Å². The first-order valence-electron chi connectivity index (χ1n) is 4.99. The average Bonchev–Trinajstić information content (AvgIpc) is 2.27. The van der Waals surface area contributed by atoms with Crippen molar-refractivity contribution in [2.45, 2.75) is 19.1 Å². The Bertz CT molecular complexity index is 391. The second kappa shape index (κ2) is 5.67. The molecule has 1 unspecified atom stereocenters. The van der Waals surface area contributed by atoms with E-state index < -0.39 is 35.4 Å². The molecular weight excluding hydrogens is 235 g/mol. The van der Waals surface area contributed by atoms with Crippen LogP contribution in [0, 0.1) is 11.6 Å². The summed E-state index contributed by atoms with van der Waals surface area (Å²) in [7, 11) is 0. The maximum absolute atomic E-state index is 13.5. The van der Waals surface area contributed by atoms with Gasteiger partial charge in [0.05, 0.1) is 12.6 Å². The van der Waals surface area contributed by atoms with Crippen LogP contribution < -0.4 is 5.73 Å². The van der Waals surface area contributed by atoms with Crippen molar-refractivity contribution in [3.8, 4) is 0 Å². The molecule has 0 aliphatic heterocycles. The molecule has 0 saturated carbocycles. The van der Waals surface area contributed by atoms with Crippen molar-refractivity contribution in [2.24, 2.45) is 5.73 Å². The highest BCUT2D eigenvalue weighted by molar-refractivity contribution is 5.75. The molecule has 0 aromatic heterocycles. The van der Waals surface area contributed by atoms with E-state index >= 15 is 0 Å². The van der Waals surface area contributed by atoms with Crippen molar-refractivity contribution >= 4 is 5.97 Å². The first-order valence-corrected chi connectivity index (χ1v) is 4.99. The molecule has 0 fully saturated rings. The zero-order chi connectivity index (χ0) is 13.0. The fourth-order valence-electron chi connectivity index (χ4n) is 1.34. The molecule has 1 rings (SSSR count). The van der Waals surface area contributed by atoms with E-state index in [4.69, 9.17) is 5.73 Å². The molecule has 2 atom stereocenters. The number of hydrogen-bond donors (Lipinski definition) is 1. The van der Waals surface area contributed by atoms with Crippen molar-refractivity contribution in [3.63, 3.8) is 0 Å². The molecule has 1 aromatic rings. The van der Waals surface area contributed by atoms with E-state index in [9.17, 15) is 18.0 Å². The first-order chi connectivity index (χ1) is 7.99. The van der Waals surface area contributed by atoms with Crippen LogP contribution in [0.2, 0.25) is 0 Å². The van der Waals surface area contributed by atoms with Gasteiger partial charge in [0.2, 0.25) is 6.17 Å². The Morgan fingerprint density at radius 3 is 2.41 bits per heavy atom. The van der Waals surface area contributed by atoms with Crippen LogP contribution in [0.1, 0.15) is 18.5 Å². The number of nitrogens with two attached hydrogens (primary N) is 1. The van der Waals surface area contributed by atoms with Crippen molar-refractivity contribution in [1.82, 2.24) is 0 Å². The monoisotopic (exact) mass is 247 g/mol. The Morgan fingerprint density at radius 1 is 1.41 bits per heavy atom. The van der Waals surface area contributed by atoms with E-state index in [1.54, 1.807) is 0 Å². The highest BCUT2D eigenvalue weighted by Crippen LogP contribution is 2.23. The number of hydrogen-bond acceptors (Lipinski definition) is 3. The Morgan fingerprint density at radius 2 is 1.94 bits per heavy atom. The third-order valence-electron chi connectivity index (χ3n) is 2.16. The van der Waals surface area contributed by atoms with Crippen LogP contribution in [0.15, 0.2) is 18.2 Å². The third kappa shape index (κ3) is 2.97. The number of carbonyl (C=O) groups is 1. The fraction of sp³-hybridized carbons (Fsp3) is 0.364. The summed E-state index contributed by atoms with van der Waals surface area (Å²) in [4.78, 5) is 11.1. The summed E-state index contributed by atoms with van der Waals surface area (Å²) in [6.45, 7) is 1.45. The molecule has 1 aromatic carbocycles. The molecule has 0 aliphatic rings. The van der Waals surface area contributed by atoms with E-state index in [0.29, 0.717) is 0 Å². The molecular formula is C11H12F3NO2. The highest BCUT2D eigenvalue weighted by Gasteiger charge is 2.31. The van der Waals surface area contributed by atoms with Crippen LogP contribution in [-0.2, 0) is 9.53 Å². The highest BCUT2D eigenvalue weighted by atomic mass is 19.1. The molecule has 0 bridgehead atoms. The topological polar surface area (TPSA) is 52.3 Å². The van der Waals surface area contributed by atoms with Crippen LogP contribution in [-0.4, -0.2) is 18.7 Å². The molecule has 0 heterocycles. The zero-order valence-corrected chi connectivity index (χ0v) is 9.12. The number of carbonyl (C=O) groups excluding carboxylic acids is 1. The zero-order valence-electron chi connectivity index (χ0n) is 9.12. The molecule has 0 saturated heterocycles. The summed E-state index contributed by atoms with van der Waals surface area (Å²) < 4.78 is 44.4. The normalized spacial score (nSPS) is 14.2. The smallest absolute Gasteiger partial charge is 0.342 e. The molecule has 17 heavy (non-hydrogen) atoms. The number of esters is 1. The van der Waals surface area contributed by atoms with Gasteiger partial charge in [-0.2, -0.15) is 0 Å². The molecule has 0 aliphatic carbocycles. The van der Waals surface area contributed by atoms with Gasteiger partial charge in [0.15, 0.2) is 0 Å². The molecule has 0 amide bonds. The van der Waals surface area contributed by atoms with Crippen molar-refractivity contribution < 1.29 is 22.7 Å². The summed E-state index contributed by atoms with van der Waals surface area (Å²) in [5.74, 6) is -3.23. The number of ether oxygens (including phenoxy) is 1. The van der Waals surface area contributed by atoms with Gasteiger partial charge in [0.1, 0.15) is 11.6 Å². The van der Waals surface area contributed by atoms with Gasteiger partial charge in [0, 0.05) is 5.56 Å². The lowest BCUT2D eigenvalue weighted by atomic mass is 10.0. The van der Waals surface area contributed by atoms with Gasteiger partial charge < -0.3 is 10.5 Å². The largest absolute Gasteiger partial charge is 0.464 e. The van der Waals surface area contributed by atoms with Crippen molar-refractivity contribution in [2.75, 3.05) is 6.61 Å². The van der Waals surface area contributed by atoms with E-state index in [0.717, 1.165) is 18.2 Å². The second-order valence-corrected chi connectivity index (χ2v) is 3.31. The lowest BCUT2D eigenvalue weighted by Gasteiger charge is -2.16. The van der Waals surface area contributed by atoms with Crippen LogP contribution in [0.25, 0.3) is 0 Å². The minimum atomic E-state index is -2.30. The van der Waals surface area contributed by atoms with Crippen LogP contribution in [0.4, 0.5) is 13.2 Å². The molecule has 94 valence electrons. The summed E-state index contributed by atoms with van der Waals surface area (Å²) in [6.07, 6.45) is -2.30. The minimum absolute atomic E-state index is 0.0360. The van der Waals surface area contributed by atoms with E-state index in [2.05, 4.69) is 4.74 Å². The molecule has 2 N–H and O–H groups in total. The number of benzene rings is 1. The molecule has 0 spiro atoms. The predicted molar refractivity (Wildman–Crippen MR) is 54.8 cm³/mol. The minimum Gasteiger partial charge on any atom is -0.464 e. The number of alkyl halides is 1. The summed E-state index contributed by atoms with van der Waals surface area (Å²) in [5, 5.41) is 0. The summed E-state index contributed by atoms with van der Waals surface area (Å²) >= 11 is 0. The van der Waals surface area contributed by atoms with Gasteiger partial charge in [-0.1, -0.05) is 6.07 Å². The summed E-state index contributed by atoms with van der Waals surface area (Å²) in [6, 6.07) is 1.28. The summed E-state index contributed by atoms with van der Waals surface area (Å²) in [5.41, 5.74) is 4.66. The van der Waals surface area contributed by atoms with Gasteiger partial charge in [-0.05, 0) is 19.1 Å². The Kier molecular flexibility index (Phi) is 4.51. The van der Waals surface area contributed by atoms with E-state index in [1.165, 1.54) is 6.92 Å². The van der Waals surface area contributed by atoms with Crippen molar-refractivity contribution in [3.05, 3.63) is 35.4 Å². The fourth-order valence-corrected chi connectivity index (χ4v) is 1.34. The number of halogens is 3. The standard InChI is InChI=1S/C11H12F3NO2/c1-2-17-11(16)9(14)10(15)8-6(12)4-3-5-7(8)13/h3-5,9-10H,2,15H2,1H3/t9?,10-/m0/s1. The van der Waals surface area contributed by atoms with Gasteiger partial charge in [-0.25, -0.2) is 18.0 Å². The SMILES string of the molecule is CCOC(=O)C(F)[C@@H](N)c1c(F)cccc1F. The molecule has 6 heteroatoms. The lowest BCUT2D eigenvalue weighted by molar-refractivity contribution is -0.150. The van der Waals surface area contributed by atoms with Crippen LogP contribution >= 0.6 is 0 Å². The third-order valence-corrected chi connectivity index (χ3v) is 2.16.